The van der Waals surface area contributed by atoms with Gasteiger partial charge in [-0.1, -0.05) is 18.2 Å². The maximum atomic E-state index is 12.7. The molecular weight excluding hydrogens is 416 g/mol. The largest absolute Gasteiger partial charge is 0.346 e. The second kappa shape index (κ2) is 8.62. The monoisotopic (exact) mass is 442 g/mol. The molecule has 2 aromatic carbocycles. The third-order valence-electron chi connectivity index (χ3n) is 5.30. The number of amides is 1. The first-order chi connectivity index (χ1) is 14.1. The van der Waals surface area contributed by atoms with Crippen LogP contribution in [-0.2, 0) is 10.0 Å². The molecule has 0 aliphatic carbocycles. The number of nitrogens with one attached hydrogen (secondary N) is 1. The number of rotatable bonds is 6. The zero-order valence-electron chi connectivity index (χ0n) is 17.8. The summed E-state index contributed by atoms with van der Waals surface area (Å²) in [6.07, 6.45) is 0. The minimum atomic E-state index is -3.60. The Morgan fingerprint density at radius 2 is 1.63 bits per heavy atom. The van der Waals surface area contributed by atoms with E-state index in [0.29, 0.717) is 11.3 Å². The maximum Gasteiger partial charge on any atom is 0.273 e. The van der Waals surface area contributed by atoms with Crippen LogP contribution in [-0.4, -0.2) is 21.4 Å². The van der Waals surface area contributed by atoms with Gasteiger partial charge in [0.1, 0.15) is 4.21 Å². The van der Waals surface area contributed by atoms with Crippen LogP contribution in [0.4, 0.5) is 5.69 Å². The lowest BCUT2D eigenvalue weighted by molar-refractivity contribution is 0.0940. The van der Waals surface area contributed by atoms with Crippen molar-refractivity contribution in [3.05, 3.63) is 81.7 Å². The number of aryl methyl sites for hydroxylation is 3. The van der Waals surface area contributed by atoms with Crippen LogP contribution in [0, 0.1) is 20.8 Å². The molecule has 0 bridgehead atoms. The van der Waals surface area contributed by atoms with Crippen LogP contribution in [0.3, 0.4) is 0 Å². The fourth-order valence-corrected chi connectivity index (χ4v) is 5.67. The molecule has 3 rings (SSSR count). The summed E-state index contributed by atoms with van der Waals surface area (Å²) in [4.78, 5) is 12.7. The van der Waals surface area contributed by atoms with E-state index in [0.717, 1.165) is 11.1 Å². The first kappa shape index (κ1) is 22.1. The third kappa shape index (κ3) is 4.42. The molecule has 0 fully saturated rings. The van der Waals surface area contributed by atoms with E-state index in [9.17, 15) is 13.2 Å². The van der Waals surface area contributed by atoms with Crippen molar-refractivity contribution in [2.75, 3.05) is 11.4 Å². The van der Waals surface area contributed by atoms with Gasteiger partial charge in [0.15, 0.2) is 0 Å². The van der Waals surface area contributed by atoms with E-state index in [2.05, 4.69) is 31.3 Å². The van der Waals surface area contributed by atoms with Crippen LogP contribution >= 0.6 is 11.3 Å². The van der Waals surface area contributed by atoms with Crippen molar-refractivity contribution in [3.63, 3.8) is 0 Å². The molecule has 1 N–H and O–H groups in total. The molecule has 158 valence electrons. The zero-order chi connectivity index (χ0) is 22.1. The number of carbonyl (C=O) groups excluding carboxylic acids is 1. The molecule has 1 heterocycles. The van der Waals surface area contributed by atoms with E-state index < -0.39 is 10.0 Å². The van der Waals surface area contributed by atoms with Crippen molar-refractivity contribution >= 4 is 33.0 Å². The zero-order valence-corrected chi connectivity index (χ0v) is 19.4. The fraction of sp³-hybridized carbons (Fsp3) is 0.261. The topological polar surface area (TPSA) is 66.5 Å². The van der Waals surface area contributed by atoms with E-state index >= 15 is 0 Å². The third-order valence-corrected chi connectivity index (χ3v) is 8.46. The molecule has 3 aromatic rings. The molecule has 1 atom stereocenters. The molecule has 0 aliphatic rings. The van der Waals surface area contributed by atoms with E-state index in [1.807, 2.05) is 13.8 Å². The Kier molecular flexibility index (Phi) is 6.33. The number of hydrogen-bond donors (Lipinski definition) is 1. The molecule has 0 aliphatic heterocycles. The van der Waals surface area contributed by atoms with Gasteiger partial charge >= 0.3 is 0 Å². The minimum Gasteiger partial charge on any atom is -0.346 e. The van der Waals surface area contributed by atoms with Crippen molar-refractivity contribution in [2.24, 2.45) is 0 Å². The summed E-state index contributed by atoms with van der Waals surface area (Å²) < 4.78 is 26.8. The molecule has 5 nitrogen and oxygen atoms in total. The summed E-state index contributed by atoms with van der Waals surface area (Å²) in [7, 11) is -2.09. The summed E-state index contributed by atoms with van der Waals surface area (Å²) in [5, 5.41) is 4.76. The molecular formula is C23H26N2O3S2. The van der Waals surface area contributed by atoms with Crippen molar-refractivity contribution in [1.82, 2.24) is 5.32 Å². The van der Waals surface area contributed by atoms with Crippen molar-refractivity contribution in [3.8, 4) is 0 Å². The highest BCUT2D eigenvalue weighted by Gasteiger charge is 2.22. The van der Waals surface area contributed by atoms with Gasteiger partial charge in [0.25, 0.3) is 15.9 Å². The van der Waals surface area contributed by atoms with Crippen molar-refractivity contribution in [2.45, 2.75) is 37.9 Å². The Balaban J connectivity index is 1.75. The van der Waals surface area contributed by atoms with Crippen LogP contribution in [0.25, 0.3) is 0 Å². The molecule has 30 heavy (non-hydrogen) atoms. The first-order valence-corrected chi connectivity index (χ1v) is 11.9. The first-order valence-electron chi connectivity index (χ1n) is 9.62. The van der Waals surface area contributed by atoms with E-state index in [4.69, 9.17) is 0 Å². The molecule has 0 spiro atoms. The lowest BCUT2D eigenvalue weighted by Crippen LogP contribution is -2.28. The number of hydrogen-bond acceptors (Lipinski definition) is 4. The molecule has 1 unspecified atom stereocenters. The molecule has 1 aromatic heterocycles. The molecule has 0 saturated carbocycles. The lowest BCUT2D eigenvalue weighted by Gasteiger charge is -2.20. The van der Waals surface area contributed by atoms with E-state index in [1.165, 1.54) is 33.8 Å². The number of thiophene rings is 1. The number of sulfonamides is 1. The van der Waals surface area contributed by atoms with Crippen molar-refractivity contribution in [1.29, 1.82) is 0 Å². The van der Waals surface area contributed by atoms with Gasteiger partial charge in [-0.3, -0.25) is 9.10 Å². The molecule has 0 saturated heterocycles. The Bertz CT molecular complexity index is 1150. The quantitative estimate of drug-likeness (QED) is 0.585. The Hall–Kier alpha value is -2.64. The molecule has 1 amide bonds. The number of nitrogens with zero attached hydrogens (tertiary/aromatic N) is 1. The van der Waals surface area contributed by atoms with Gasteiger partial charge in [0, 0.05) is 12.6 Å². The summed E-state index contributed by atoms with van der Waals surface area (Å²) in [6.45, 7) is 8.15. The Labute approximate surface area is 182 Å². The smallest absolute Gasteiger partial charge is 0.273 e. The van der Waals surface area contributed by atoms with Gasteiger partial charge in [-0.15, -0.1) is 11.3 Å². The highest BCUT2D eigenvalue weighted by atomic mass is 32.2. The fourth-order valence-electron chi connectivity index (χ4n) is 3.31. The number of benzene rings is 2. The van der Waals surface area contributed by atoms with Gasteiger partial charge in [0.05, 0.1) is 11.7 Å². The minimum absolute atomic E-state index is 0.140. The standard InChI is InChI=1S/C23H26N2O3S2/c1-15-13-17(3)21(14-16(15)2)18(4)24-23(26)19-8-10-20(11-9-19)25(5)30(27,28)22-7-6-12-29-22/h6-14,18H,1-5H3,(H,24,26). The second-order valence-electron chi connectivity index (χ2n) is 7.44. The van der Waals surface area contributed by atoms with Gasteiger partial charge in [-0.25, -0.2) is 8.42 Å². The van der Waals surface area contributed by atoms with Gasteiger partial charge in [0.2, 0.25) is 0 Å². The summed E-state index contributed by atoms with van der Waals surface area (Å²) in [5.74, 6) is -0.199. The predicted molar refractivity (Wildman–Crippen MR) is 123 cm³/mol. The summed E-state index contributed by atoms with van der Waals surface area (Å²) >= 11 is 1.17. The van der Waals surface area contributed by atoms with E-state index in [-0.39, 0.29) is 16.2 Å². The maximum absolute atomic E-state index is 12.7. The van der Waals surface area contributed by atoms with Crippen LogP contribution < -0.4 is 9.62 Å². The van der Waals surface area contributed by atoms with Crippen LogP contribution in [0.2, 0.25) is 0 Å². The number of carbonyl (C=O) groups is 1. The SMILES string of the molecule is Cc1cc(C)c(C(C)NC(=O)c2ccc(N(C)S(=O)(=O)c3cccs3)cc2)cc1C. The van der Waals surface area contributed by atoms with Crippen LogP contribution in [0.1, 0.15) is 45.6 Å². The normalized spacial score (nSPS) is 12.4. The Morgan fingerprint density at radius 3 is 2.23 bits per heavy atom. The summed E-state index contributed by atoms with van der Waals surface area (Å²) in [5.41, 5.74) is 5.63. The second-order valence-corrected chi connectivity index (χ2v) is 10.6. The van der Waals surface area contributed by atoms with Gasteiger partial charge in [-0.2, -0.15) is 0 Å². The molecule has 0 radical (unpaired) electrons. The van der Waals surface area contributed by atoms with Gasteiger partial charge < -0.3 is 5.32 Å². The Morgan fingerprint density at radius 1 is 1.00 bits per heavy atom. The van der Waals surface area contributed by atoms with Crippen LogP contribution in [0.15, 0.2) is 58.1 Å². The summed E-state index contributed by atoms with van der Waals surface area (Å²) in [6, 6.07) is 14.0. The van der Waals surface area contributed by atoms with Crippen LogP contribution in [0.5, 0.6) is 0 Å². The van der Waals surface area contributed by atoms with E-state index in [1.54, 1.807) is 41.8 Å². The predicted octanol–water partition coefficient (Wildman–Crippen LogP) is 4.99. The van der Waals surface area contributed by atoms with Gasteiger partial charge in [-0.05, 0) is 85.7 Å². The number of anilines is 1. The average molecular weight is 443 g/mol. The lowest BCUT2D eigenvalue weighted by atomic mass is 9.96. The van der Waals surface area contributed by atoms with Crippen molar-refractivity contribution < 1.29 is 13.2 Å². The average Bonchev–Trinajstić information content (AvgIpc) is 3.26. The highest BCUT2D eigenvalue weighted by molar-refractivity contribution is 7.94. The highest BCUT2D eigenvalue weighted by Crippen LogP contribution is 2.26. The molecule has 7 heteroatoms.